The van der Waals surface area contributed by atoms with Crippen LogP contribution in [0.1, 0.15) is 17.2 Å². The normalized spacial score (nSPS) is 14.5. The molecule has 1 N–H and O–H groups in total. The van der Waals surface area contributed by atoms with Crippen molar-refractivity contribution in [2.24, 2.45) is 4.99 Å². The van der Waals surface area contributed by atoms with E-state index in [1.165, 1.54) is 60.0 Å². The highest BCUT2D eigenvalue weighted by Crippen LogP contribution is 2.43. The van der Waals surface area contributed by atoms with E-state index in [0.717, 1.165) is 33.9 Å². The van der Waals surface area contributed by atoms with E-state index in [9.17, 15) is 0 Å². The SMILES string of the molecule is C1=C(c2ccccc2)N=C(n2c3ccccc3c3c2ccc2c4ccc5ccccc5c4n(-c4ccc(-c5ccccc5)cc4)c23)NC1c1ccccc1. The number of hydrogen-bond donors (Lipinski definition) is 1. The molecule has 3 heterocycles. The molecule has 0 bridgehead atoms. The van der Waals surface area contributed by atoms with Gasteiger partial charge in [0.1, 0.15) is 0 Å². The fourth-order valence-corrected chi connectivity index (χ4v) is 8.48. The summed E-state index contributed by atoms with van der Waals surface area (Å²) in [5.41, 5.74) is 11.4. The Labute approximate surface area is 312 Å². The third-order valence-electron chi connectivity index (χ3n) is 11.0. The van der Waals surface area contributed by atoms with Gasteiger partial charge in [-0.2, -0.15) is 0 Å². The maximum absolute atomic E-state index is 5.38. The van der Waals surface area contributed by atoms with E-state index >= 15 is 0 Å². The molecule has 1 aliphatic heterocycles. The Bertz CT molecular complexity index is 3100. The average Bonchev–Trinajstić information content (AvgIpc) is 3.78. The first-order chi connectivity index (χ1) is 26.8. The second-order valence-corrected chi connectivity index (χ2v) is 14.0. The first kappa shape index (κ1) is 30.5. The highest BCUT2D eigenvalue weighted by Gasteiger charge is 2.26. The van der Waals surface area contributed by atoms with Crippen molar-refractivity contribution in [2.45, 2.75) is 6.04 Å². The molecule has 1 atom stereocenters. The lowest BCUT2D eigenvalue weighted by Crippen LogP contribution is -2.35. The van der Waals surface area contributed by atoms with Crippen LogP contribution in [0.15, 0.2) is 199 Å². The predicted octanol–water partition coefficient (Wildman–Crippen LogP) is 12.3. The van der Waals surface area contributed by atoms with Crippen molar-refractivity contribution in [3.8, 4) is 16.8 Å². The van der Waals surface area contributed by atoms with E-state index in [4.69, 9.17) is 4.99 Å². The summed E-state index contributed by atoms with van der Waals surface area (Å²) in [7, 11) is 0. The zero-order valence-corrected chi connectivity index (χ0v) is 29.4. The van der Waals surface area contributed by atoms with Gasteiger partial charge in [-0.15, -0.1) is 0 Å². The maximum atomic E-state index is 5.38. The summed E-state index contributed by atoms with van der Waals surface area (Å²) in [6.07, 6.45) is 2.24. The molecule has 8 aromatic carbocycles. The molecule has 11 rings (SSSR count). The number of para-hydroxylation sites is 1. The molecular weight excluding hydrogens is 657 g/mol. The highest BCUT2D eigenvalue weighted by atomic mass is 15.2. The molecule has 4 nitrogen and oxygen atoms in total. The van der Waals surface area contributed by atoms with Crippen LogP contribution in [0.5, 0.6) is 0 Å². The molecule has 0 radical (unpaired) electrons. The van der Waals surface area contributed by atoms with E-state index in [0.29, 0.717) is 0 Å². The molecule has 254 valence electrons. The Balaban J connectivity index is 1.22. The Kier molecular flexibility index (Phi) is 6.89. The molecule has 0 saturated carbocycles. The van der Waals surface area contributed by atoms with Crippen LogP contribution in [0.3, 0.4) is 0 Å². The van der Waals surface area contributed by atoms with E-state index in [1.54, 1.807) is 0 Å². The molecule has 0 saturated heterocycles. The minimum atomic E-state index is -0.0604. The summed E-state index contributed by atoms with van der Waals surface area (Å²) >= 11 is 0. The van der Waals surface area contributed by atoms with Crippen molar-refractivity contribution in [3.05, 3.63) is 205 Å². The van der Waals surface area contributed by atoms with Gasteiger partial charge in [0.05, 0.1) is 33.8 Å². The summed E-state index contributed by atoms with van der Waals surface area (Å²) in [6, 6.07) is 67.4. The van der Waals surface area contributed by atoms with Gasteiger partial charge in [-0.3, -0.25) is 4.57 Å². The summed E-state index contributed by atoms with van der Waals surface area (Å²) in [5, 5.41) is 11.2. The highest BCUT2D eigenvalue weighted by molar-refractivity contribution is 6.30. The molecule has 0 fully saturated rings. The number of nitrogens with zero attached hydrogens (tertiary/aromatic N) is 3. The molecule has 54 heavy (non-hydrogen) atoms. The van der Waals surface area contributed by atoms with E-state index in [-0.39, 0.29) is 6.04 Å². The lowest BCUT2D eigenvalue weighted by molar-refractivity contribution is 0.760. The van der Waals surface area contributed by atoms with Crippen molar-refractivity contribution in [3.63, 3.8) is 0 Å². The first-order valence-electron chi connectivity index (χ1n) is 18.5. The van der Waals surface area contributed by atoms with Gasteiger partial charge in [0.2, 0.25) is 5.96 Å². The lowest BCUT2D eigenvalue weighted by Gasteiger charge is -2.25. The zero-order chi connectivity index (χ0) is 35.6. The fraction of sp³-hybridized carbons (Fsp3) is 0.0200. The van der Waals surface area contributed by atoms with Crippen LogP contribution < -0.4 is 5.32 Å². The number of benzene rings is 8. The summed E-state index contributed by atoms with van der Waals surface area (Å²) in [6.45, 7) is 0. The number of fused-ring (bicyclic) bond motifs is 9. The number of aromatic nitrogens is 2. The smallest absolute Gasteiger partial charge is 0.209 e. The van der Waals surface area contributed by atoms with Gasteiger partial charge in [0.25, 0.3) is 0 Å². The van der Waals surface area contributed by atoms with Crippen molar-refractivity contribution in [2.75, 3.05) is 0 Å². The predicted molar refractivity (Wildman–Crippen MR) is 226 cm³/mol. The molecule has 1 aliphatic rings. The molecular formula is C50H34N4. The minimum Gasteiger partial charge on any atom is -0.345 e. The monoisotopic (exact) mass is 690 g/mol. The topological polar surface area (TPSA) is 34.2 Å². The van der Waals surface area contributed by atoms with E-state index in [1.807, 2.05) is 0 Å². The second-order valence-electron chi connectivity index (χ2n) is 14.0. The summed E-state index contributed by atoms with van der Waals surface area (Å²) in [4.78, 5) is 5.38. The van der Waals surface area contributed by atoms with E-state index < -0.39 is 0 Å². The second kappa shape index (κ2) is 12.2. The number of aliphatic imine (C=N–C) groups is 1. The molecule has 2 aromatic heterocycles. The van der Waals surface area contributed by atoms with Crippen LogP contribution in [0.2, 0.25) is 0 Å². The first-order valence-corrected chi connectivity index (χ1v) is 18.5. The van der Waals surface area contributed by atoms with Gasteiger partial charge >= 0.3 is 0 Å². The Morgan fingerprint density at radius 1 is 0.426 bits per heavy atom. The fourth-order valence-electron chi connectivity index (χ4n) is 8.48. The van der Waals surface area contributed by atoms with Gasteiger partial charge in [-0.1, -0.05) is 164 Å². The van der Waals surface area contributed by atoms with Gasteiger partial charge < -0.3 is 9.88 Å². The third-order valence-corrected chi connectivity index (χ3v) is 11.0. The Morgan fingerprint density at radius 3 is 1.81 bits per heavy atom. The minimum absolute atomic E-state index is 0.0604. The summed E-state index contributed by atoms with van der Waals surface area (Å²) < 4.78 is 4.83. The van der Waals surface area contributed by atoms with Crippen molar-refractivity contribution in [1.29, 1.82) is 0 Å². The lowest BCUT2D eigenvalue weighted by atomic mass is 10.0. The van der Waals surface area contributed by atoms with Gasteiger partial charge in [0.15, 0.2) is 0 Å². The Morgan fingerprint density at radius 2 is 1.04 bits per heavy atom. The molecule has 1 unspecified atom stereocenters. The maximum Gasteiger partial charge on any atom is 0.209 e. The number of rotatable bonds is 4. The zero-order valence-electron chi connectivity index (χ0n) is 29.4. The number of hydrogen-bond acceptors (Lipinski definition) is 2. The van der Waals surface area contributed by atoms with Gasteiger partial charge in [0, 0.05) is 38.2 Å². The largest absolute Gasteiger partial charge is 0.345 e. The quantitative estimate of drug-likeness (QED) is 0.196. The summed E-state index contributed by atoms with van der Waals surface area (Å²) in [5.74, 6) is 0.802. The van der Waals surface area contributed by atoms with Crippen LogP contribution in [0, 0.1) is 0 Å². The van der Waals surface area contributed by atoms with Crippen LogP contribution in [0.25, 0.3) is 76.9 Å². The van der Waals surface area contributed by atoms with Crippen molar-refractivity contribution in [1.82, 2.24) is 14.5 Å². The molecule has 0 aliphatic carbocycles. The molecule has 0 amide bonds. The van der Waals surface area contributed by atoms with Crippen molar-refractivity contribution >= 4 is 66.0 Å². The van der Waals surface area contributed by atoms with Crippen LogP contribution in [-0.4, -0.2) is 15.1 Å². The van der Waals surface area contributed by atoms with Gasteiger partial charge in [-0.25, -0.2) is 4.99 Å². The third kappa shape index (κ3) is 4.74. The Hall–Kier alpha value is -7.17. The van der Waals surface area contributed by atoms with Crippen molar-refractivity contribution < 1.29 is 0 Å². The average molecular weight is 691 g/mol. The molecule has 0 spiro atoms. The van der Waals surface area contributed by atoms with Gasteiger partial charge in [-0.05, 0) is 52.4 Å². The molecule has 10 aromatic rings. The molecule has 4 heteroatoms. The standard InChI is InChI=1S/C50H34N4/c1-4-14-33(15-5-1)34-24-27-38(28-25-34)53-48-39-21-11-10-16-35(39)26-29-40(48)41-30-31-46-47(49(41)53)42-22-12-13-23-45(42)54(46)50-51-43(36-17-6-2-7-18-36)32-44(52-50)37-19-8-3-9-20-37/h1-32,43H,(H,51,52). The number of nitrogens with one attached hydrogen (secondary N) is 1. The van der Waals surface area contributed by atoms with Crippen LogP contribution >= 0.6 is 0 Å². The van der Waals surface area contributed by atoms with Crippen LogP contribution in [-0.2, 0) is 0 Å². The van der Waals surface area contributed by atoms with E-state index in [2.05, 4.69) is 209 Å². The van der Waals surface area contributed by atoms with Crippen LogP contribution in [0.4, 0.5) is 0 Å².